The molecule has 2 aliphatic rings. The first kappa shape index (κ1) is 12.7. The highest BCUT2D eigenvalue weighted by Crippen LogP contribution is 2.50. The van der Waals surface area contributed by atoms with Crippen molar-refractivity contribution in [2.75, 3.05) is 18.0 Å². The summed E-state index contributed by atoms with van der Waals surface area (Å²) in [5, 5.41) is 16.8. The number of carbonyl (C=O) groups is 1. The number of alkyl halides is 2. The molecule has 1 N–H and O–H groups in total. The molecular weight excluding hydrogens is 276 g/mol. The van der Waals surface area contributed by atoms with Crippen molar-refractivity contribution in [2.45, 2.75) is 25.7 Å². The summed E-state index contributed by atoms with van der Waals surface area (Å²) in [6.07, 6.45) is -0.168. The summed E-state index contributed by atoms with van der Waals surface area (Å²) in [4.78, 5) is 13.3. The first-order valence-electron chi connectivity index (χ1n) is 6.13. The van der Waals surface area contributed by atoms with Gasteiger partial charge in [-0.25, -0.2) is 8.78 Å². The summed E-state index contributed by atoms with van der Waals surface area (Å²) in [7, 11) is 0. The number of hydrogen-bond donors (Lipinski definition) is 1. The molecule has 0 radical (unpaired) electrons. The molecule has 2 atom stereocenters. The van der Waals surface area contributed by atoms with Gasteiger partial charge in [0, 0.05) is 13.1 Å². The summed E-state index contributed by atoms with van der Waals surface area (Å²) >= 11 is 0.848. The van der Waals surface area contributed by atoms with Gasteiger partial charge in [-0.15, -0.1) is 10.2 Å². The molecule has 19 heavy (non-hydrogen) atoms. The number of aromatic nitrogens is 2. The van der Waals surface area contributed by atoms with E-state index in [-0.39, 0.29) is 10.9 Å². The maximum absolute atomic E-state index is 12.5. The van der Waals surface area contributed by atoms with E-state index in [0.717, 1.165) is 24.2 Å². The van der Waals surface area contributed by atoms with Crippen LogP contribution in [0.4, 0.5) is 13.9 Å². The van der Waals surface area contributed by atoms with Crippen molar-refractivity contribution >= 4 is 22.4 Å². The van der Waals surface area contributed by atoms with E-state index in [4.69, 9.17) is 0 Å². The minimum absolute atomic E-state index is 0.0869. The quantitative estimate of drug-likeness (QED) is 0.923. The lowest BCUT2D eigenvalue weighted by Gasteiger charge is -2.22. The number of halogens is 2. The molecule has 0 aromatic carbocycles. The first-order valence-corrected chi connectivity index (χ1v) is 6.94. The van der Waals surface area contributed by atoms with Crippen LogP contribution in [0.5, 0.6) is 0 Å². The third-order valence-corrected chi connectivity index (χ3v) is 5.18. The standard InChI is InChI=1S/C11H13F2N3O2S/c12-7(13)8-14-15-10(19-8)16-4-6-2-1-3-11(6,5-16)9(17)18/h6-7H,1-5H2,(H,17,18)/t6-,11+/m0/s1. The highest BCUT2D eigenvalue weighted by Gasteiger charge is 2.55. The number of anilines is 1. The summed E-state index contributed by atoms with van der Waals surface area (Å²) in [5.41, 5.74) is -0.726. The molecule has 2 heterocycles. The zero-order chi connectivity index (χ0) is 13.6. The summed E-state index contributed by atoms with van der Waals surface area (Å²) in [6, 6.07) is 0. The number of carboxylic acids is 1. The lowest BCUT2D eigenvalue weighted by molar-refractivity contribution is -0.149. The van der Waals surface area contributed by atoms with Crippen LogP contribution in [-0.4, -0.2) is 34.4 Å². The predicted molar refractivity (Wildman–Crippen MR) is 64.5 cm³/mol. The summed E-state index contributed by atoms with van der Waals surface area (Å²) in [6.45, 7) is 0.926. The Bertz CT molecular complexity index is 510. The van der Waals surface area contributed by atoms with Gasteiger partial charge in [-0.3, -0.25) is 4.79 Å². The molecule has 3 rings (SSSR count). The minimum atomic E-state index is -2.62. The molecular formula is C11H13F2N3O2S. The van der Waals surface area contributed by atoms with Crippen LogP contribution >= 0.6 is 11.3 Å². The Kier molecular flexibility index (Phi) is 2.92. The highest BCUT2D eigenvalue weighted by atomic mass is 32.1. The van der Waals surface area contributed by atoms with Gasteiger partial charge in [-0.1, -0.05) is 17.8 Å². The maximum atomic E-state index is 12.5. The molecule has 1 aliphatic heterocycles. The smallest absolute Gasteiger partial charge is 0.311 e. The van der Waals surface area contributed by atoms with Gasteiger partial charge >= 0.3 is 5.97 Å². The lowest BCUT2D eigenvalue weighted by atomic mass is 9.81. The monoisotopic (exact) mass is 289 g/mol. The predicted octanol–water partition coefficient (Wildman–Crippen LogP) is 2.17. The van der Waals surface area contributed by atoms with Crippen molar-refractivity contribution < 1.29 is 18.7 Å². The van der Waals surface area contributed by atoms with E-state index in [9.17, 15) is 18.7 Å². The van der Waals surface area contributed by atoms with E-state index in [1.807, 2.05) is 0 Å². The number of nitrogens with zero attached hydrogens (tertiary/aromatic N) is 3. The molecule has 1 aliphatic carbocycles. The molecule has 0 unspecified atom stereocenters. The van der Waals surface area contributed by atoms with Crippen molar-refractivity contribution in [1.82, 2.24) is 10.2 Å². The largest absolute Gasteiger partial charge is 0.481 e. The van der Waals surface area contributed by atoms with Crippen LogP contribution < -0.4 is 4.90 Å². The molecule has 2 fully saturated rings. The fourth-order valence-corrected chi connectivity index (χ4v) is 3.93. The zero-order valence-electron chi connectivity index (χ0n) is 10.1. The third kappa shape index (κ3) is 1.89. The van der Waals surface area contributed by atoms with Gasteiger partial charge in [0.15, 0.2) is 5.01 Å². The SMILES string of the molecule is O=C(O)[C@@]12CCC[C@H]1CN(c1nnc(C(F)F)s1)C2. The zero-order valence-corrected chi connectivity index (χ0v) is 10.9. The van der Waals surface area contributed by atoms with Crippen LogP contribution in [0.3, 0.4) is 0 Å². The second-order valence-corrected chi connectivity index (χ2v) is 6.14. The first-order chi connectivity index (χ1) is 9.03. The lowest BCUT2D eigenvalue weighted by Crippen LogP contribution is -2.35. The number of fused-ring (bicyclic) bond motifs is 1. The van der Waals surface area contributed by atoms with Gasteiger partial charge in [0.25, 0.3) is 6.43 Å². The molecule has 1 aromatic rings. The van der Waals surface area contributed by atoms with Crippen LogP contribution in [0.2, 0.25) is 0 Å². The Morgan fingerprint density at radius 1 is 1.53 bits per heavy atom. The van der Waals surface area contributed by atoms with Crippen molar-refractivity contribution in [3.05, 3.63) is 5.01 Å². The Morgan fingerprint density at radius 2 is 2.32 bits per heavy atom. The maximum Gasteiger partial charge on any atom is 0.311 e. The molecule has 5 nitrogen and oxygen atoms in total. The van der Waals surface area contributed by atoms with E-state index in [2.05, 4.69) is 10.2 Å². The molecule has 1 saturated carbocycles. The van der Waals surface area contributed by atoms with Gasteiger partial charge in [-0.2, -0.15) is 0 Å². The van der Waals surface area contributed by atoms with Crippen LogP contribution in [-0.2, 0) is 4.79 Å². The third-order valence-electron chi connectivity index (χ3n) is 4.18. The minimum Gasteiger partial charge on any atom is -0.481 e. The van der Waals surface area contributed by atoms with Crippen molar-refractivity contribution in [3.63, 3.8) is 0 Å². The van der Waals surface area contributed by atoms with E-state index in [0.29, 0.717) is 24.6 Å². The van der Waals surface area contributed by atoms with Gasteiger partial charge in [-0.05, 0) is 18.8 Å². The van der Waals surface area contributed by atoms with E-state index >= 15 is 0 Å². The molecule has 0 bridgehead atoms. The number of hydrogen-bond acceptors (Lipinski definition) is 5. The molecule has 8 heteroatoms. The molecule has 1 saturated heterocycles. The Balaban J connectivity index is 1.83. The summed E-state index contributed by atoms with van der Waals surface area (Å²) in [5.74, 6) is -0.694. The fraction of sp³-hybridized carbons (Fsp3) is 0.727. The van der Waals surface area contributed by atoms with Gasteiger partial charge in [0.1, 0.15) is 0 Å². The number of aliphatic carboxylic acids is 1. The average molecular weight is 289 g/mol. The van der Waals surface area contributed by atoms with Crippen LogP contribution in [0, 0.1) is 11.3 Å². The highest BCUT2D eigenvalue weighted by molar-refractivity contribution is 7.15. The Labute approximate surface area is 112 Å². The van der Waals surface area contributed by atoms with Crippen LogP contribution in [0.15, 0.2) is 0 Å². The van der Waals surface area contributed by atoms with Gasteiger partial charge in [0.2, 0.25) is 5.13 Å². The topological polar surface area (TPSA) is 66.3 Å². The average Bonchev–Trinajstić information content (AvgIpc) is 3.01. The van der Waals surface area contributed by atoms with Gasteiger partial charge in [0.05, 0.1) is 5.41 Å². The second kappa shape index (κ2) is 4.36. The molecule has 0 amide bonds. The van der Waals surface area contributed by atoms with E-state index in [1.54, 1.807) is 4.90 Å². The van der Waals surface area contributed by atoms with Crippen molar-refractivity contribution in [1.29, 1.82) is 0 Å². The van der Waals surface area contributed by atoms with Crippen LogP contribution in [0.1, 0.15) is 30.7 Å². The van der Waals surface area contributed by atoms with Crippen molar-refractivity contribution in [2.24, 2.45) is 11.3 Å². The fourth-order valence-electron chi connectivity index (χ4n) is 3.23. The molecule has 0 spiro atoms. The van der Waals surface area contributed by atoms with Crippen molar-refractivity contribution in [3.8, 4) is 0 Å². The van der Waals surface area contributed by atoms with E-state index < -0.39 is 17.8 Å². The Morgan fingerprint density at radius 3 is 2.89 bits per heavy atom. The second-order valence-electron chi connectivity index (χ2n) is 5.15. The Hall–Kier alpha value is -1.31. The number of carboxylic acid groups (broad SMARTS) is 1. The van der Waals surface area contributed by atoms with Gasteiger partial charge < -0.3 is 10.0 Å². The normalized spacial score (nSPS) is 30.1. The number of rotatable bonds is 3. The molecule has 104 valence electrons. The summed E-state index contributed by atoms with van der Waals surface area (Å²) < 4.78 is 25.0. The molecule has 1 aromatic heterocycles. The van der Waals surface area contributed by atoms with Crippen LogP contribution in [0.25, 0.3) is 0 Å². The van der Waals surface area contributed by atoms with E-state index in [1.165, 1.54) is 0 Å².